The molecule has 2 N–H and O–H groups in total. The Labute approximate surface area is 257 Å². The molecule has 1 heterocycles. The molecule has 6 rings (SSSR count). The molecule has 0 amide bonds. The van der Waals surface area contributed by atoms with Crippen LogP contribution in [-0.2, 0) is 33.3 Å². The topological polar surface area (TPSA) is 146 Å². The number of hydrogen-bond acceptors (Lipinski definition) is 10. The van der Waals surface area contributed by atoms with E-state index in [2.05, 4.69) is 0 Å². The first-order valence-electron chi connectivity index (χ1n) is 15.5. The molecule has 4 aliphatic carbocycles. The first-order chi connectivity index (χ1) is 20.6. The van der Waals surface area contributed by atoms with Crippen LogP contribution >= 0.6 is 0 Å². The maximum atomic E-state index is 15.1. The van der Waals surface area contributed by atoms with E-state index in [0.29, 0.717) is 24.8 Å². The Morgan fingerprint density at radius 3 is 2.27 bits per heavy atom. The van der Waals surface area contributed by atoms with E-state index in [1.54, 1.807) is 58.0 Å². The number of ketones is 1. The van der Waals surface area contributed by atoms with E-state index in [4.69, 9.17) is 18.9 Å². The van der Waals surface area contributed by atoms with Gasteiger partial charge in [-0.25, -0.2) is 4.79 Å². The summed E-state index contributed by atoms with van der Waals surface area (Å²) in [6.07, 6.45) is -3.23. The first-order valence-corrected chi connectivity index (χ1v) is 15.5. The Morgan fingerprint density at radius 1 is 1.05 bits per heavy atom. The van der Waals surface area contributed by atoms with Gasteiger partial charge in [0.1, 0.15) is 17.8 Å². The highest BCUT2D eigenvalue weighted by atomic mass is 16.6. The Morgan fingerprint density at radius 2 is 1.70 bits per heavy atom. The molecule has 3 saturated carbocycles. The lowest BCUT2D eigenvalue weighted by molar-refractivity contribution is -0.341. The van der Waals surface area contributed by atoms with E-state index in [1.807, 2.05) is 6.92 Å². The van der Waals surface area contributed by atoms with Gasteiger partial charge in [0, 0.05) is 24.2 Å². The highest BCUT2D eigenvalue weighted by Gasteiger charge is 2.77. The molecule has 44 heavy (non-hydrogen) atoms. The standard InChI is InChI=1S/C34H42O10/c1-17-14-23-33(16-41-23,44-30(39)21-12-13-21)26-28(43-29(38)20-10-8-7-9-11-20)34(40)15-22(36)18(2)24(31(34,4)5)25(42-19(3)35)27(37)32(17,26)6/h7-11,17,21-23,25-26,28,36,40H,12-16H2,1-6H3. The van der Waals surface area contributed by atoms with Crippen LogP contribution in [0.5, 0.6) is 0 Å². The van der Waals surface area contributed by atoms with Gasteiger partial charge in [-0.2, -0.15) is 0 Å². The number of ether oxygens (including phenoxy) is 4. The van der Waals surface area contributed by atoms with Gasteiger partial charge >= 0.3 is 17.9 Å². The zero-order chi connectivity index (χ0) is 32.0. The van der Waals surface area contributed by atoms with Gasteiger partial charge in [0.05, 0.1) is 30.1 Å². The van der Waals surface area contributed by atoms with Gasteiger partial charge < -0.3 is 29.2 Å². The lowest BCUT2D eigenvalue weighted by Gasteiger charge is -2.68. The molecule has 1 aromatic rings. The van der Waals surface area contributed by atoms with Crippen molar-refractivity contribution in [3.63, 3.8) is 0 Å². The summed E-state index contributed by atoms with van der Waals surface area (Å²) in [6, 6.07) is 8.33. The summed E-state index contributed by atoms with van der Waals surface area (Å²) in [6.45, 7) is 9.84. The molecule has 4 fully saturated rings. The Hall–Kier alpha value is -3.08. The number of carbonyl (C=O) groups excluding carboxylic acids is 4. The van der Waals surface area contributed by atoms with Crippen molar-refractivity contribution in [2.75, 3.05) is 6.61 Å². The second-order valence-electron chi connectivity index (χ2n) is 14.3. The molecule has 238 valence electrons. The molecule has 0 spiro atoms. The lowest BCUT2D eigenvalue weighted by atomic mass is 9.43. The highest BCUT2D eigenvalue weighted by Crippen LogP contribution is 2.65. The third kappa shape index (κ3) is 4.24. The molecule has 0 aromatic heterocycles. The number of aliphatic hydroxyl groups is 2. The molecule has 1 saturated heterocycles. The van der Waals surface area contributed by atoms with E-state index in [9.17, 15) is 24.6 Å². The van der Waals surface area contributed by atoms with E-state index in [1.165, 1.54) is 6.92 Å². The SMILES string of the molecule is CC(=O)OC1C(=O)C2(C)C(C)CC3OCC3(OC(=O)C3CC3)C2C(OC(=O)c2ccccc2)C2(O)CC(O)C(C)=C1C2(C)C. The molecular formula is C34H42O10. The molecule has 2 bridgehead atoms. The number of carbonyl (C=O) groups is 4. The number of aliphatic hydroxyl groups excluding tert-OH is 1. The molecule has 5 aliphatic rings. The number of esters is 3. The van der Waals surface area contributed by atoms with E-state index >= 15 is 4.79 Å². The summed E-state index contributed by atoms with van der Waals surface area (Å²) in [5, 5.41) is 24.5. The summed E-state index contributed by atoms with van der Waals surface area (Å²) >= 11 is 0. The van der Waals surface area contributed by atoms with E-state index < -0.39 is 82.0 Å². The average molecular weight is 611 g/mol. The quantitative estimate of drug-likeness (QED) is 0.289. The molecule has 9 atom stereocenters. The summed E-state index contributed by atoms with van der Waals surface area (Å²) in [7, 11) is 0. The minimum atomic E-state index is -1.99. The summed E-state index contributed by atoms with van der Waals surface area (Å²) in [5.74, 6) is -4.10. The largest absolute Gasteiger partial charge is 0.455 e. The number of Topliss-reactive ketones (excluding diaryl/α,β-unsaturated/α-hetero) is 1. The highest BCUT2D eigenvalue weighted by molar-refractivity contribution is 5.95. The molecule has 10 nitrogen and oxygen atoms in total. The Balaban J connectivity index is 1.63. The summed E-state index contributed by atoms with van der Waals surface area (Å²) in [4.78, 5) is 54.9. The summed E-state index contributed by atoms with van der Waals surface area (Å²) in [5.41, 5.74) is -5.25. The minimum absolute atomic E-state index is 0.0607. The number of rotatable bonds is 5. The number of fused-ring (bicyclic) bond motifs is 5. The number of benzene rings is 1. The maximum absolute atomic E-state index is 15.1. The van der Waals surface area contributed by atoms with Gasteiger partial charge in [0.2, 0.25) is 0 Å². The zero-order valence-electron chi connectivity index (χ0n) is 26.1. The predicted molar refractivity (Wildman–Crippen MR) is 155 cm³/mol. The van der Waals surface area contributed by atoms with Crippen molar-refractivity contribution < 1.29 is 48.3 Å². The van der Waals surface area contributed by atoms with Crippen molar-refractivity contribution in [1.29, 1.82) is 0 Å². The smallest absolute Gasteiger partial charge is 0.338 e. The van der Waals surface area contributed by atoms with E-state index in [0.717, 1.165) is 0 Å². The average Bonchev–Trinajstić information content (AvgIpc) is 3.81. The van der Waals surface area contributed by atoms with E-state index in [-0.39, 0.29) is 30.1 Å². The van der Waals surface area contributed by atoms with Gasteiger partial charge in [-0.05, 0) is 55.4 Å². The van der Waals surface area contributed by atoms with Crippen LogP contribution in [0.3, 0.4) is 0 Å². The van der Waals surface area contributed by atoms with Crippen molar-refractivity contribution >= 4 is 23.7 Å². The second kappa shape index (κ2) is 10.2. The second-order valence-corrected chi connectivity index (χ2v) is 14.3. The van der Waals surface area contributed by atoms with Crippen molar-refractivity contribution in [2.45, 2.75) is 103 Å². The van der Waals surface area contributed by atoms with Crippen LogP contribution in [0, 0.1) is 28.6 Å². The van der Waals surface area contributed by atoms with Crippen molar-refractivity contribution in [3.8, 4) is 0 Å². The molecule has 9 unspecified atom stereocenters. The van der Waals surface area contributed by atoms with Crippen molar-refractivity contribution in [1.82, 2.24) is 0 Å². The molecular weight excluding hydrogens is 568 g/mol. The van der Waals surface area contributed by atoms with Crippen LogP contribution < -0.4 is 0 Å². The minimum Gasteiger partial charge on any atom is -0.455 e. The van der Waals surface area contributed by atoms with Crippen LogP contribution in [0.2, 0.25) is 0 Å². The first kappa shape index (κ1) is 30.9. The van der Waals surface area contributed by atoms with Crippen LogP contribution in [0.25, 0.3) is 0 Å². The molecule has 0 radical (unpaired) electrons. The third-order valence-electron chi connectivity index (χ3n) is 11.5. The van der Waals surface area contributed by atoms with Gasteiger partial charge in [-0.15, -0.1) is 0 Å². The Kier molecular flexibility index (Phi) is 7.18. The lowest BCUT2D eigenvalue weighted by Crippen LogP contribution is -2.81. The Bertz CT molecular complexity index is 1430. The fraction of sp³-hybridized carbons (Fsp3) is 0.647. The molecule has 10 heteroatoms. The van der Waals surface area contributed by atoms with Crippen LogP contribution in [0.15, 0.2) is 41.5 Å². The van der Waals surface area contributed by atoms with Gasteiger partial charge in [0.25, 0.3) is 0 Å². The monoisotopic (exact) mass is 610 g/mol. The van der Waals surface area contributed by atoms with Crippen LogP contribution in [0.4, 0.5) is 0 Å². The molecule has 1 aromatic carbocycles. The van der Waals surface area contributed by atoms with Crippen LogP contribution in [-0.4, -0.2) is 76.1 Å². The zero-order valence-corrected chi connectivity index (χ0v) is 26.1. The van der Waals surface area contributed by atoms with Gasteiger partial charge in [-0.1, -0.05) is 45.9 Å². The van der Waals surface area contributed by atoms with Crippen molar-refractivity contribution in [3.05, 3.63) is 47.0 Å². The normalized spacial score (nSPS) is 40.8. The summed E-state index contributed by atoms with van der Waals surface area (Å²) < 4.78 is 24.5. The predicted octanol–water partition coefficient (Wildman–Crippen LogP) is 3.32. The fourth-order valence-corrected chi connectivity index (χ4v) is 8.52. The third-order valence-corrected chi connectivity index (χ3v) is 11.5. The maximum Gasteiger partial charge on any atom is 0.338 e. The van der Waals surface area contributed by atoms with Gasteiger partial charge in [0.15, 0.2) is 17.5 Å². The fourth-order valence-electron chi connectivity index (χ4n) is 8.52. The molecule has 1 aliphatic heterocycles. The van der Waals surface area contributed by atoms with Crippen molar-refractivity contribution in [2.24, 2.45) is 28.6 Å². The van der Waals surface area contributed by atoms with Crippen LogP contribution in [0.1, 0.15) is 77.6 Å². The van der Waals surface area contributed by atoms with Gasteiger partial charge in [-0.3, -0.25) is 14.4 Å². The number of hydrogen-bond donors (Lipinski definition) is 2.